The number of rotatable bonds is 11. The topological polar surface area (TPSA) is 182 Å². The number of alkyl halides is 2. The first-order valence-corrected chi connectivity index (χ1v) is 22.6. The average Bonchev–Trinajstić information content (AvgIpc) is 4.15. The number of benzene rings is 2. The van der Waals surface area contributed by atoms with E-state index in [0.717, 1.165) is 98.4 Å². The molecule has 3 atom stereocenters. The smallest absolute Gasteiger partial charge is 0.279 e. The summed E-state index contributed by atoms with van der Waals surface area (Å²) in [5.41, 5.74) is 7.64. The third-order valence-electron chi connectivity index (χ3n) is 13.7. The van der Waals surface area contributed by atoms with Gasteiger partial charge in [0.2, 0.25) is 11.8 Å². The normalized spacial score (nSPS) is 24.6. The predicted octanol–water partition coefficient (Wildman–Crippen LogP) is 5.45. The van der Waals surface area contributed by atoms with Gasteiger partial charge in [0.15, 0.2) is 5.65 Å². The highest BCUT2D eigenvalue weighted by molar-refractivity contribution is 6.12. The Morgan fingerprint density at radius 2 is 1.92 bits per heavy atom. The Kier molecular flexibility index (Phi) is 12.1. The molecule has 0 spiro atoms. The number of imide groups is 1. The number of likely N-dealkylation sites (tertiary alicyclic amines) is 1. The summed E-state index contributed by atoms with van der Waals surface area (Å²) >= 11 is 0. The monoisotopic (exact) mass is 887 g/mol. The Labute approximate surface area is 373 Å². The van der Waals surface area contributed by atoms with E-state index in [0.29, 0.717) is 49.0 Å². The van der Waals surface area contributed by atoms with Crippen molar-refractivity contribution in [2.45, 2.75) is 94.4 Å². The van der Waals surface area contributed by atoms with E-state index < -0.39 is 23.9 Å². The molecule has 2 bridgehead atoms. The van der Waals surface area contributed by atoms with Gasteiger partial charge in [-0.15, -0.1) is 0 Å². The number of hydrogen-bond donors (Lipinski definition) is 3. The van der Waals surface area contributed by atoms with Crippen molar-refractivity contribution >= 4 is 57.1 Å². The second kappa shape index (κ2) is 18.3. The minimum Gasteiger partial charge on any atom is -0.464 e. The molecule has 3 amide bonds. The number of nitrogens with zero attached hydrogens (tertiary/aromatic N) is 6. The van der Waals surface area contributed by atoms with Crippen LogP contribution in [-0.4, -0.2) is 114 Å². The molecule has 10 rings (SSSR count). The molecule has 3 unspecified atom stereocenters. The number of hydrogen-bond acceptors (Lipinski definition) is 12. The summed E-state index contributed by atoms with van der Waals surface area (Å²) in [7, 11) is 0. The van der Waals surface area contributed by atoms with Gasteiger partial charge in [0.25, 0.3) is 12.3 Å². The highest BCUT2D eigenvalue weighted by Gasteiger charge is 2.40. The average molecular weight is 888 g/mol. The molecule has 7 heterocycles. The second-order valence-electron chi connectivity index (χ2n) is 17.8. The highest BCUT2D eigenvalue weighted by Crippen LogP contribution is 2.38. The third kappa shape index (κ3) is 8.94. The quantitative estimate of drug-likeness (QED) is 0.0872. The third-order valence-corrected chi connectivity index (χ3v) is 13.7. The van der Waals surface area contributed by atoms with Crippen molar-refractivity contribution in [1.82, 2.24) is 30.1 Å². The van der Waals surface area contributed by atoms with Crippen LogP contribution in [0.25, 0.3) is 27.4 Å². The fourth-order valence-corrected chi connectivity index (χ4v) is 10.2. The van der Waals surface area contributed by atoms with Gasteiger partial charge in [-0.2, -0.15) is 5.10 Å². The van der Waals surface area contributed by atoms with E-state index in [9.17, 15) is 23.2 Å². The number of aliphatic imine (C=N–C) groups is 1. The number of morpholine rings is 1. The van der Waals surface area contributed by atoms with Crippen LogP contribution < -0.4 is 21.3 Å². The first-order valence-electron chi connectivity index (χ1n) is 22.6. The van der Waals surface area contributed by atoms with Crippen LogP contribution in [0.3, 0.4) is 0 Å². The van der Waals surface area contributed by atoms with Crippen molar-refractivity contribution in [2.24, 2.45) is 16.6 Å². The standard InChI is InChI=1S/C48H51F2N9O6/c49-45(50)44(51)39(54-48(62)37-22-53-59-19-16-41(55-46(37)59)58-25-33-21-31(58)26-64-33)23-52-30-8-6-28(7-9-30)24-57-17-14-32(15-18-57)63-20-2-4-29-3-1-5-35-34(29)10-12-40-43(35)38(27-65-40)36-11-13-42(60)56-47(36)61/h1,3,5,10,12,16,19,22-23,27-28,30-33,36,45H,6-9,11,13-15,17-18,20-21,24-26,51H2,(H,54,62)(H,56,60,61). The molecule has 4 N–H and O–H groups in total. The lowest BCUT2D eigenvalue weighted by Gasteiger charge is -2.35. The van der Waals surface area contributed by atoms with E-state index in [1.165, 1.54) is 16.9 Å². The summed E-state index contributed by atoms with van der Waals surface area (Å²) in [6.07, 6.45) is 10.4. The number of allylic oxidation sites excluding steroid dienone is 2. The molecular formula is C48H51F2N9O6. The van der Waals surface area contributed by atoms with Gasteiger partial charge in [-0.25, -0.2) is 18.3 Å². The number of piperidine rings is 2. The fraction of sp³-hybridized carbons (Fsp3) is 0.458. The van der Waals surface area contributed by atoms with Crippen molar-refractivity contribution in [3.8, 4) is 11.8 Å². The van der Waals surface area contributed by atoms with Gasteiger partial charge in [0.05, 0.1) is 55.0 Å². The number of amides is 3. The number of aromatic nitrogens is 3. The van der Waals surface area contributed by atoms with Gasteiger partial charge in [-0.1, -0.05) is 24.0 Å². The maximum atomic E-state index is 13.9. The number of carbonyl (C=O) groups is 3. The van der Waals surface area contributed by atoms with E-state index in [2.05, 4.69) is 42.4 Å². The first kappa shape index (κ1) is 42.7. The number of anilines is 1. The van der Waals surface area contributed by atoms with Crippen molar-refractivity contribution in [1.29, 1.82) is 0 Å². The maximum Gasteiger partial charge on any atom is 0.279 e. The molecular weight excluding hydrogens is 837 g/mol. The molecule has 15 nitrogen and oxygen atoms in total. The Morgan fingerprint density at radius 1 is 1.08 bits per heavy atom. The molecule has 5 fully saturated rings. The number of fused-ring (bicyclic) bond motifs is 6. The molecule has 2 aromatic carbocycles. The number of carbonyl (C=O) groups excluding carboxylic acids is 3. The molecule has 65 heavy (non-hydrogen) atoms. The first-order chi connectivity index (χ1) is 31.6. The van der Waals surface area contributed by atoms with E-state index in [4.69, 9.17) is 24.6 Å². The summed E-state index contributed by atoms with van der Waals surface area (Å²) in [5.74, 6) is 6.10. The Morgan fingerprint density at radius 3 is 2.69 bits per heavy atom. The minimum absolute atomic E-state index is 0.0688. The van der Waals surface area contributed by atoms with Gasteiger partial charge in [0.1, 0.15) is 29.3 Å². The molecule has 1 aliphatic carbocycles. The summed E-state index contributed by atoms with van der Waals surface area (Å²) < 4.78 is 47.1. The number of halogens is 2. The largest absolute Gasteiger partial charge is 0.464 e. The van der Waals surface area contributed by atoms with Crippen LogP contribution in [0.1, 0.15) is 85.2 Å². The zero-order chi connectivity index (χ0) is 44.6. The van der Waals surface area contributed by atoms with Crippen LogP contribution in [-0.2, 0) is 19.1 Å². The summed E-state index contributed by atoms with van der Waals surface area (Å²) in [6, 6.07) is 11.9. The Balaban J connectivity index is 0.689. The van der Waals surface area contributed by atoms with E-state index in [-0.39, 0.29) is 47.4 Å². The highest BCUT2D eigenvalue weighted by atomic mass is 19.3. The van der Waals surface area contributed by atoms with Crippen LogP contribution in [0.5, 0.6) is 0 Å². The SMILES string of the molecule is NC(=C(C=NC1CCC(CN2CCC(OCC#Cc3cccc4c3ccc3occ(C5CCC(=O)NC5=O)c34)CC2)CC1)NC(=O)c1cnn2ccc(N3CC4CC3CO4)nc12)C(F)F. The number of nitrogens with two attached hydrogens (primary N) is 1. The molecule has 0 radical (unpaired) electrons. The van der Waals surface area contributed by atoms with Crippen molar-refractivity contribution in [2.75, 3.05) is 44.3 Å². The second-order valence-corrected chi connectivity index (χ2v) is 17.8. The van der Waals surface area contributed by atoms with E-state index in [1.807, 2.05) is 36.4 Å². The summed E-state index contributed by atoms with van der Waals surface area (Å²) in [6.45, 7) is 4.54. The molecule has 3 aromatic heterocycles. The van der Waals surface area contributed by atoms with Gasteiger partial charge >= 0.3 is 0 Å². The zero-order valence-corrected chi connectivity index (χ0v) is 35.9. The summed E-state index contributed by atoms with van der Waals surface area (Å²) in [4.78, 5) is 52.0. The van der Waals surface area contributed by atoms with Crippen LogP contribution in [0.4, 0.5) is 14.6 Å². The molecule has 4 aliphatic heterocycles. The van der Waals surface area contributed by atoms with E-state index >= 15 is 0 Å². The molecule has 5 aliphatic rings. The van der Waals surface area contributed by atoms with Crippen molar-refractivity contribution < 1.29 is 37.1 Å². The predicted molar refractivity (Wildman–Crippen MR) is 239 cm³/mol. The lowest BCUT2D eigenvalue weighted by Crippen LogP contribution is -2.40. The molecule has 1 saturated carbocycles. The zero-order valence-electron chi connectivity index (χ0n) is 35.9. The van der Waals surface area contributed by atoms with Crippen LogP contribution in [0.15, 0.2) is 75.9 Å². The Hall–Kier alpha value is -6.22. The van der Waals surface area contributed by atoms with Crippen molar-refractivity contribution in [3.05, 3.63) is 83.1 Å². The molecule has 4 saturated heterocycles. The van der Waals surface area contributed by atoms with Gasteiger partial charge in [-0.3, -0.25) is 24.7 Å². The number of furan rings is 1. The van der Waals surface area contributed by atoms with Crippen LogP contribution in [0.2, 0.25) is 0 Å². The van der Waals surface area contributed by atoms with Crippen LogP contribution >= 0.6 is 0 Å². The lowest BCUT2D eigenvalue weighted by molar-refractivity contribution is -0.134. The number of ether oxygens (including phenoxy) is 2. The summed E-state index contributed by atoms with van der Waals surface area (Å²) in [5, 5.41) is 12.1. The van der Waals surface area contributed by atoms with Crippen LogP contribution in [0, 0.1) is 17.8 Å². The maximum absolute atomic E-state index is 13.9. The van der Waals surface area contributed by atoms with Gasteiger partial charge in [0, 0.05) is 61.5 Å². The molecule has 338 valence electrons. The molecule has 17 heteroatoms. The van der Waals surface area contributed by atoms with Gasteiger partial charge < -0.3 is 34.7 Å². The minimum atomic E-state index is -2.98. The number of nitrogens with one attached hydrogen (secondary N) is 2. The van der Waals surface area contributed by atoms with Crippen molar-refractivity contribution in [3.63, 3.8) is 0 Å². The van der Waals surface area contributed by atoms with E-state index in [1.54, 1.807) is 12.5 Å². The fourth-order valence-electron chi connectivity index (χ4n) is 10.2. The van der Waals surface area contributed by atoms with Gasteiger partial charge in [-0.05, 0) is 92.3 Å². The molecule has 5 aromatic rings. The lowest BCUT2D eigenvalue weighted by atomic mass is 9.85. The Bertz CT molecular complexity index is 2760.